The predicted octanol–water partition coefficient (Wildman–Crippen LogP) is 3.82. The molecule has 0 saturated heterocycles. The molecule has 0 heterocycles. The van der Waals surface area contributed by atoms with Crippen molar-refractivity contribution in [2.24, 2.45) is 5.73 Å². The van der Waals surface area contributed by atoms with Crippen molar-refractivity contribution >= 4 is 11.6 Å². The van der Waals surface area contributed by atoms with E-state index in [0.29, 0.717) is 23.9 Å². The first-order valence-electron chi connectivity index (χ1n) is 6.58. The molecule has 2 aromatic rings. The van der Waals surface area contributed by atoms with Crippen LogP contribution in [0.5, 0.6) is 11.5 Å². The highest BCUT2D eigenvalue weighted by Gasteiger charge is 2.14. The summed E-state index contributed by atoms with van der Waals surface area (Å²) in [7, 11) is 0. The Labute approximate surface area is 124 Å². The van der Waals surface area contributed by atoms with E-state index >= 15 is 0 Å². The van der Waals surface area contributed by atoms with E-state index < -0.39 is 0 Å². The lowest BCUT2D eigenvalue weighted by Crippen LogP contribution is -2.18. The smallest absolute Gasteiger partial charge is 0.162 e. The molecule has 0 aliphatic rings. The molecule has 2 aromatic carbocycles. The Hall–Kier alpha value is -1.71. The van der Waals surface area contributed by atoms with E-state index in [2.05, 4.69) is 0 Å². The van der Waals surface area contributed by atoms with Crippen molar-refractivity contribution in [1.82, 2.24) is 0 Å². The van der Waals surface area contributed by atoms with Crippen LogP contribution < -0.4 is 15.2 Å². The summed E-state index contributed by atoms with van der Waals surface area (Å²) in [6.07, 6.45) is -0.228. The Kier molecular flexibility index (Phi) is 5.27. The minimum Gasteiger partial charge on any atom is -0.490 e. The molecule has 0 radical (unpaired) electrons. The molecule has 106 valence electrons. The zero-order chi connectivity index (χ0) is 14.4. The third kappa shape index (κ3) is 3.65. The summed E-state index contributed by atoms with van der Waals surface area (Å²) >= 11 is 5.89. The minimum absolute atomic E-state index is 0.228. The number of para-hydroxylation sites is 2. The van der Waals surface area contributed by atoms with Gasteiger partial charge >= 0.3 is 0 Å². The molecule has 4 heteroatoms. The number of hydrogen-bond donors (Lipinski definition) is 1. The van der Waals surface area contributed by atoms with Crippen molar-refractivity contribution in [2.75, 3.05) is 13.2 Å². The van der Waals surface area contributed by atoms with Crippen LogP contribution in [0.1, 0.15) is 18.6 Å². The molecule has 1 unspecified atom stereocenters. The maximum atomic E-state index is 5.98. The van der Waals surface area contributed by atoms with E-state index in [4.69, 9.17) is 26.8 Å². The number of benzene rings is 2. The van der Waals surface area contributed by atoms with Crippen molar-refractivity contribution in [2.45, 2.75) is 13.0 Å². The van der Waals surface area contributed by atoms with Gasteiger partial charge in [-0.3, -0.25) is 0 Å². The number of halogens is 1. The molecule has 0 amide bonds. The Balaban J connectivity index is 2.20. The van der Waals surface area contributed by atoms with Gasteiger partial charge in [0.2, 0.25) is 0 Å². The molecule has 0 aliphatic heterocycles. The van der Waals surface area contributed by atoms with Crippen molar-refractivity contribution < 1.29 is 9.47 Å². The second-order valence-electron chi connectivity index (χ2n) is 4.27. The highest BCUT2D eigenvalue weighted by atomic mass is 35.5. The topological polar surface area (TPSA) is 44.5 Å². The first kappa shape index (κ1) is 14.7. The first-order chi connectivity index (χ1) is 9.74. The predicted molar refractivity (Wildman–Crippen MR) is 81.5 cm³/mol. The van der Waals surface area contributed by atoms with Crippen LogP contribution in [0.3, 0.4) is 0 Å². The van der Waals surface area contributed by atoms with Crippen molar-refractivity contribution in [3.05, 3.63) is 59.1 Å². The van der Waals surface area contributed by atoms with Crippen LogP contribution >= 0.6 is 11.6 Å². The van der Waals surface area contributed by atoms with Crippen LogP contribution in [0, 0.1) is 0 Å². The van der Waals surface area contributed by atoms with Gasteiger partial charge in [-0.25, -0.2) is 0 Å². The van der Waals surface area contributed by atoms with Crippen LogP contribution in [-0.4, -0.2) is 13.2 Å². The summed E-state index contributed by atoms with van der Waals surface area (Å²) in [6, 6.07) is 15.1. The van der Waals surface area contributed by atoms with Crippen molar-refractivity contribution in [1.29, 1.82) is 0 Å². The molecule has 0 spiro atoms. The lowest BCUT2D eigenvalue weighted by Gasteiger charge is -2.20. The highest BCUT2D eigenvalue weighted by Crippen LogP contribution is 2.31. The summed E-state index contributed by atoms with van der Waals surface area (Å²) in [5.41, 5.74) is 6.80. The van der Waals surface area contributed by atoms with Crippen LogP contribution in [0.25, 0.3) is 0 Å². The summed E-state index contributed by atoms with van der Waals surface area (Å²) in [4.78, 5) is 0. The average Bonchev–Trinajstić information content (AvgIpc) is 2.48. The summed E-state index contributed by atoms with van der Waals surface area (Å²) in [5, 5.41) is 0.694. The maximum absolute atomic E-state index is 5.98. The quantitative estimate of drug-likeness (QED) is 0.880. The number of hydrogen-bond acceptors (Lipinski definition) is 3. The van der Waals surface area contributed by atoms with Gasteiger partial charge in [0.05, 0.1) is 6.61 Å². The Morgan fingerprint density at radius 2 is 1.70 bits per heavy atom. The standard InChI is InChI=1S/C16H18ClNO2/c1-2-19-14-5-3-4-6-15(14)20-16(11-18)12-7-9-13(17)10-8-12/h3-10,16H,2,11,18H2,1H3. The van der Waals surface area contributed by atoms with Gasteiger partial charge in [0.25, 0.3) is 0 Å². The van der Waals surface area contributed by atoms with Gasteiger partial charge in [0.1, 0.15) is 6.10 Å². The second kappa shape index (κ2) is 7.17. The fourth-order valence-corrected chi connectivity index (χ4v) is 2.03. The molecule has 0 bridgehead atoms. The zero-order valence-corrected chi connectivity index (χ0v) is 12.1. The van der Waals surface area contributed by atoms with Crippen LogP contribution in [0.4, 0.5) is 0 Å². The summed E-state index contributed by atoms with van der Waals surface area (Å²) < 4.78 is 11.5. The molecule has 3 nitrogen and oxygen atoms in total. The number of nitrogens with two attached hydrogens (primary N) is 1. The van der Waals surface area contributed by atoms with E-state index in [1.807, 2.05) is 55.5 Å². The van der Waals surface area contributed by atoms with Crippen molar-refractivity contribution in [3.63, 3.8) is 0 Å². The van der Waals surface area contributed by atoms with Gasteiger partial charge in [-0.2, -0.15) is 0 Å². The average molecular weight is 292 g/mol. The highest BCUT2D eigenvalue weighted by molar-refractivity contribution is 6.30. The fourth-order valence-electron chi connectivity index (χ4n) is 1.91. The van der Waals surface area contributed by atoms with Crippen LogP contribution in [-0.2, 0) is 0 Å². The van der Waals surface area contributed by atoms with Crippen molar-refractivity contribution in [3.8, 4) is 11.5 Å². The molecule has 0 fully saturated rings. The van der Waals surface area contributed by atoms with Gasteiger partial charge in [-0.05, 0) is 36.8 Å². The third-order valence-electron chi connectivity index (χ3n) is 2.87. The van der Waals surface area contributed by atoms with Gasteiger partial charge in [-0.15, -0.1) is 0 Å². The van der Waals surface area contributed by atoms with Crippen LogP contribution in [0.2, 0.25) is 5.02 Å². The fraction of sp³-hybridized carbons (Fsp3) is 0.250. The minimum atomic E-state index is -0.228. The van der Waals surface area contributed by atoms with E-state index in [1.54, 1.807) is 0 Å². The molecule has 2 N–H and O–H groups in total. The second-order valence-corrected chi connectivity index (χ2v) is 4.71. The lowest BCUT2D eigenvalue weighted by atomic mass is 10.1. The van der Waals surface area contributed by atoms with Gasteiger partial charge < -0.3 is 15.2 Å². The SMILES string of the molecule is CCOc1ccccc1OC(CN)c1ccc(Cl)cc1. The first-order valence-corrected chi connectivity index (χ1v) is 6.96. The molecule has 0 saturated carbocycles. The van der Waals surface area contributed by atoms with E-state index in [1.165, 1.54) is 0 Å². The lowest BCUT2D eigenvalue weighted by molar-refractivity contribution is 0.200. The molecule has 0 aliphatic carbocycles. The van der Waals surface area contributed by atoms with Gasteiger partial charge in [-0.1, -0.05) is 35.9 Å². The Bertz CT molecular complexity index is 542. The van der Waals surface area contributed by atoms with E-state index in [0.717, 1.165) is 11.3 Å². The Morgan fingerprint density at radius 3 is 2.30 bits per heavy atom. The largest absolute Gasteiger partial charge is 0.490 e. The Morgan fingerprint density at radius 1 is 1.05 bits per heavy atom. The zero-order valence-electron chi connectivity index (χ0n) is 11.4. The number of ether oxygens (including phenoxy) is 2. The van der Waals surface area contributed by atoms with E-state index in [9.17, 15) is 0 Å². The molecule has 2 rings (SSSR count). The molecular formula is C16H18ClNO2. The van der Waals surface area contributed by atoms with Gasteiger partial charge in [0, 0.05) is 11.6 Å². The summed E-state index contributed by atoms with van der Waals surface area (Å²) in [5.74, 6) is 1.42. The van der Waals surface area contributed by atoms with Gasteiger partial charge in [0.15, 0.2) is 11.5 Å². The molecule has 0 aromatic heterocycles. The maximum Gasteiger partial charge on any atom is 0.162 e. The normalized spacial score (nSPS) is 11.9. The molecule has 1 atom stereocenters. The molecule has 20 heavy (non-hydrogen) atoms. The van der Waals surface area contributed by atoms with E-state index in [-0.39, 0.29) is 6.10 Å². The van der Waals surface area contributed by atoms with Crippen LogP contribution in [0.15, 0.2) is 48.5 Å². The summed E-state index contributed by atoms with van der Waals surface area (Å²) in [6.45, 7) is 2.91. The molecular weight excluding hydrogens is 274 g/mol. The monoisotopic (exact) mass is 291 g/mol. The number of rotatable bonds is 6. The third-order valence-corrected chi connectivity index (χ3v) is 3.13.